The third-order valence-electron chi connectivity index (χ3n) is 5.06. The second-order valence-corrected chi connectivity index (χ2v) is 7.66. The lowest BCUT2D eigenvalue weighted by atomic mass is 10.2. The predicted molar refractivity (Wildman–Crippen MR) is 135 cm³/mol. The molecule has 10 heteroatoms. The number of nitrogens with zero attached hydrogens (tertiary/aromatic N) is 1. The predicted octanol–water partition coefficient (Wildman–Crippen LogP) is 6.22. The number of methoxy groups -OCH3 is 1. The highest BCUT2D eigenvalue weighted by molar-refractivity contribution is 6.02. The standard InChI is InChI=1S/C27H24N2O8/c1-3-34-21-6-8-22(9-7-21)35-17-24-12-13-26(37-24)27(30)28-18-14-19(29(31)32)16-25(15-18)36-23-10-4-20(33-2)5-11-23/h4-16H,3,17H2,1-2H3,(H,28,30). The molecule has 0 aliphatic heterocycles. The molecule has 0 bridgehead atoms. The summed E-state index contributed by atoms with van der Waals surface area (Å²) in [7, 11) is 1.54. The Hall–Kier alpha value is -4.99. The molecule has 0 spiro atoms. The van der Waals surface area contributed by atoms with Gasteiger partial charge in [0.15, 0.2) is 5.76 Å². The molecule has 1 amide bonds. The van der Waals surface area contributed by atoms with E-state index in [1.165, 1.54) is 24.3 Å². The van der Waals surface area contributed by atoms with Crippen molar-refractivity contribution in [3.05, 3.63) is 100 Å². The fourth-order valence-electron chi connectivity index (χ4n) is 3.32. The molecule has 1 heterocycles. The van der Waals surface area contributed by atoms with Gasteiger partial charge in [-0.1, -0.05) is 0 Å². The average Bonchev–Trinajstić information content (AvgIpc) is 3.38. The minimum Gasteiger partial charge on any atom is -0.497 e. The van der Waals surface area contributed by atoms with Crippen LogP contribution in [0, 0.1) is 10.1 Å². The van der Waals surface area contributed by atoms with E-state index in [1.54, 1.807) is 61.7 Å². The number of carbonyl (C=O) groups is 1. The van der Waals surface area contributed by atoms with Crippen molar-refractivity contribution < 1.29 is 33.1 Å². The van der Waals surface area contributed by atoms with Gasteiger partial charge in [-0.2, -0.15) is 0 Å². The first-order chi connectivity index (χ1) is 17.9. The molecule has 0 atom stereocenters. The van der Waals surface area contributed by atoms with Gasteiger partial charge in [-0.25, -0.2) is 0 Å². The molecular weight excluding hydrogens is 480 g/mol. The van der Waals surface area contributed by atoms with E-state index in [0.29, 0.717) is 29.6 Å². The first-order valence-electron chi connectivity index (χ1n) is 11.3. The van der Waals surface area contributed by atoms with Crippen LogP contribution in [-0.2, 0) is 6.61 Å². The third kappa shape index (κ3) is 6.79. The molecule has 190 valence electrons. The molecule has 0 saturated heterocycles. The van der Waals surface area contributed by atoms with Gasteiger partial charge in [-0.3, -0.25) is 14.9 Å². The number of rotatable bonds is 11. The second-order valence-electron chi connectivity index (χ2n) is 7.66. The summed E-state index contributed by atoms with van der Waals surface area (Å²) >= 11 is 0. The van der Waals surface area contributed by atoms with Gasteiger partial charge in [0.1, 0.15) is 41.1 Å². The van der Waals surface area contributed by atoms with Gasteiger partial charge < -0.3 is 28.7 Å². The quantitative estimate of drug-likeness (QED) is 0.189. The Bertz CT molecular complexity index is 1360. The number of non-ortho nitro benzene ring substituents is 1. The van der Waals surface area contributed by atoms with Crippen molar-refractivity contribution in [2.24, 2.45) is 0 Å². The van der Waals surface area contributed by atoms with E-state index in [-0.39, 0.29) is 29.5 Å². The van der Waals surface area contributed by atoms with Crippen molar-refractivity contribution in [2.45, 2.75) is 13.5 Å². The fraction of sp³-hybridized carbons (Fsp3) is 0.148. The number of furan rings is 1. The number of amides is 1. The summed E-state index contributed by atoms with van der Waals surface area (Å²) in [6.07, 6.45) is 0. The maximum Gasteiger partial charge on any atom is 0.291 e. The van der Waals surface area contributed by atoms with E-state index < -0.39 is 10.8 Å². The van der Waals surface area contributed by atoms with Gasteiger partial charge in [0.05, 0.1) is 30.4 Å². The van der Waals surface area contributed by atoms with Crippen LogP contribution in [0.15, 0.2) is 83.3 Å². The van der Waals surface area contributed by atoms with Crippen LogP contribution in [0.25, 0.3) is 0 Å². The molecule has 0 aliphatic carbocycles. The number of nitro benzene ring substituents is 1. The van der Waals surface area contributed by atoms with Crippen LogP contribution >= 0.6 is 0 Å². The summed E-state index contributed by atoms with van der Waals surface area (Å²) in [6.45, 7) is 2.59. The summed E-state index contributed by atoms with van der Waals surface area (Å²) in [6, 6.07) is 21.0. The Balaban J connectivity index is 1.41. The molecule has 10 nitrogen and oxygen atoms in total. The highest BCUT2D eigenvalue weighted by Gasteiger charge is 2.16. The molecule has 0 radical (unpaired) electrons. The van der Waals surface area contributed by atoms with Crippen LogP contribution in [0.3, 0.4) is 0 Å². The van der Waals surface area contributed by atoms with Crippen molar-refractivity contribution in [2.75, 3.05) is 19.0 Å². The minimum atomic E-state index is -0.580. The van der Waals surface area contributed by atoms with E-state index in [1.807, 2.05) is 6.92 Å². The largest absolute Gasteiger partial charge is 0.497 e. The van der Waals surface area contributed by atoms with E-state index in [9.17, 15) is 14.9 Å². The highest BCUT2D eigenvalue weighted by atomic mass is 16.6. The van der Waals surface area contributed by atoms with Gasteiger partial charge in [0.2, 0.25) is 0 Å². The van der Waals surface area contributed by atoms with Crippen LogP contribution in [-0.4, -0.2) is 24.5 Å². The molecule has 4 rings (SSSR count). The minimum absolute atomic E-state index is 0.0226. The Labute approximate surface area is 212 Å². The summed E-state index contributed by atoms with van der Waals surface area (Å²) in [5.41, 5.74) is -0.0727. The van der Waals surface area contributed by atoms with Gasteiger partial charge in [0.25, 0.3) is 11.6 Å². The van der Waals surface area contributed by atoms with Crippen LogP contribution < -0.4 is 24.3 Å². The van der Waals surface area contributed by atoms with Crippen molar-refractivity contribution in [3.8, 4) is 28.7 Å². The zero-order valence-corrected chi connectivity index (χ0v) is 20.1. The lowest BCUT2D eigenvalue weighted by Gasteiger charge is -2.09. The Morgan fingerprint density at radius 2 is 1.51 bits per heavy atom. The van der Waals surface area contributed by atoms with Gasteiger partial charge in [-0.05, 0) is 67.6 Å². The molecule has 1 aromatic heterocycles. The topological polar surface area (TPSA) is 122 Å². The van der Waals surface area contributed by atoms with Crippen LogP contribution in [0.4, 0.5) is 11.4 Å². The summed E-state index contributed by atoms with van der Waals surface area (Å²) < 4.78 is 27.5. The van der Waals surface area contributed by atoms with Crippen LogP contribution in [0.1, 0.15) is 23.2 Å². The zero-order valence-electron chi connectivity index (χ0n) is 20.1. The Morgan fingerprint density at radius 1 is 0.865 bits per heavy atom. The Morgan fingerprint density at radius 3 is 2.16 bits per heavy atom. The first-order valence-corrected chi connectivity index (χ1v) is 11.3. The molecule has 37 heavy (non-hydrogen) atoms. The summed E-state index contributed by atoms with van der Waals surface area (Å²) in [5.74, 6) is 2.50. The maximum atomic E-state index is 12.7. The zero-order chi connectivity index (χ0) is 26.2. The number of hydrogen-bond donors (Lipinski definition) is 1. The molecule has 0 saturated carbocycles. The van der Waals surface area contributed by atoms with E-state index >= 15 is 0 Å². The number of anilines is 1. The van der Waals surface area contributed by atoms with Crippen LogP contribution in [0.5, 0.6) is 28.7 Å². The first kappa shape index (κ1) is 25.1. The number of nitrogens with one attached hydrogen (secondary N) is 1. The lowest BCUT2D eigenvalue weighted by Crippen LogP contribution is -2.11. The van der Waals surface area contributed by atoms with Crippen molar-refractivity contribution >= 4 is 17.3 Å². The molecule has 0 fully saturated rings. The number of ether oxygens (including phenoxy) is 4. The SMILES string of the molecule is CCOc1ccc(OCc2ccc(C(=O)Nc3cc(Oc4ccc(OC)cc4)cc([N+](=O)[O-])c3)o2)cc1. The van der Waals surface area contributed by atoms with Crippen molar-refractivity contribution in [3.63, 3.8) is 0 Å². The van der Waals surface area contributed by atoms with Gasteiger partial charge >= 0.3 is 0 Å². The van der Waals surface area contributed by atoms with Crippen molar-refractivity contribution in [1.29, 1.82) is 0 Å². The number of nitro groups is 1. The molecule has 0 unspecified atom stereocenters. The normalized spacial score (nSPS) is 10.4. The number of carbonyl (C=O) groups excluding carboxylic acids is 1. The molecule has 4 aromatic rings. The maximum absolute atomic E-state index is 12.7. The van der Waals surface area contributed by atoms with E-state index in [0.717, 1.165) is 5.75 Å². The monoisotopic (exact) mass is 504 g/mol. The molecule has 3 aromatic carbocycles. The van der Waals surface area contributed by atoms with E-state index in [4.69, 9.17) is 23.4 Å². The molecule has 1 N–H and O–H groups in total. The van der Waals surface area contributed by atoms with Gasteiger partial charge in [-0.15, -0.1) is 0 Å². The smallest absolute Gasteiger partial charge is 0.291 e. The van der Waals surface area contributed by atoms with Gasteiger partial charge in [0, 0.05) is 12.1 Å². The highest BCUT2D eigenvalue weighted by Crippen LogP contribution is 2.31. The van der Waals surface area contributed by atoms with E-state index in [2.05, 4.69) is 5.32 Å². The van der Waals surface area contributed by atoms with Crippen LogP contribution in [0.2, 0.25) is 0 Å². The average molecular weight is 504 g/mol. The molecular formula is C27H24N2O8. The summed E-state index contributed by atoms with van der Waals surface area (Å²) in [4.78, 5) is 23.6. The number of benzene rings is 3. The van der Waals surface area contributed by atoms with Crippen molar-refractivity contribution in [1.82, 2.24) is 0 Å². The third-order valence-corrected chi connectivity index (χ3v) is 5.06. The Kier molecular flexibility index (Phi) is 7.89. The summed E-state index contributed by atoms with van der Waals surface area (Å²) in [5, 5.41) is 14.0. The number of hydrogen-bond acceptors (Lipinski definition) is 8. The molecule has 0 aliphatic rings. The lowest BCUT2D eigenvalue weighted by molar-refractivity contribution is -0.384. The second kappa shape index (κ2) is 11.6. The fourth-order valence-corrected chi connectivity index (χ4v) is 3.32.